The van der Waals surface area contributed by atoms with Crippen LogP contribution >= 0.6 is 0 Å². The molecule has 0 aromatic rings. The number of hydrogen-bond acceptors (Lipinski definition) is 3. The van der Waals surface area contributed by atoms with Crippen LogP contribution in [0.1, 0.15) is 78.1 Å². The van der Waals surface area contributed by atoms with Crippen LogP contribution in [0.15, 0.2) is 0 Å². The molecule has 0 bridgehead atoms. The van der Waals surface area contributed by atoms with Crippen molar-refractivity contribution in [2.45, 2.75) is 95.7 Å². The monoisotopic (exact) mass is 352 g/mol. The van der Waals surface area contributed by atoms with E-state index in [1.54, 1.807) is 0 Å². The fraction of sp³-hybridized carbons (Fsp3) is 0.895. The zero-order valence-electron chi connectivity index (χ0n) is 16.0. The minimum Gasteiger partial charge on any atom is -0.351 e. The molecule has 1 saturated heterocycles. The Bertz CT molecular complexity index is 447. The first-order valence-electron chi connectivity index (χ1n) is 9.92. The topological polar surface area (TPSA) is 92.7 Å². The predicted octanol–water partition coefficient (Wildman–Crippen LogP) is 2.60. The molecule has 3 amide bonds. The number of rotatable bonds is 6. The van der Waals surface area contributed by atoms with E-state index in [4.69, 9.17) is 11.5 Å². The molecule has 0 aromatic heterocycles. The van der Waals surface area contributed by atoms with Crippen LogP contribution in [0.4, 0.5) is 4.79 Å². The zero-order valence-corrected chi connectivity index (χ0v) is 16.0. The van der Waals surface area contributed by atoms with Gasteiger partial charge < -0.3 is 21.3 Å². The molecule has 6 nitrogen and oxygen atoms in total. The van der Waals surface area contributed by atoms with E-state index in [2.05, 4.69) is 0 Å². The van der Waals surface area contributed by atoms with Gasteiger partial charge in [-0.15, -0.1) is 0 Å². The number of urea groups is 1. The van der Waals surface area contributed by atoms with Crippen molar-refractivity contribution in [2.24, 2.45) is 11.5 Å². The van der Waals surface area contributed by atoms with E-state index in [-0.39, 0.29) is 23.5 Å². The number of primary amides is 1. The molecule has 0 spiro atoms. The number of piperidine rings is 1. The summed E-state index contributed by atoms with van der Waals surface area (Å²) in [5, 5.41) is 0. The number of carbonyl (C=O) groups is 2. The molecule has 0 unspecified atom stereocenters. The lowest BCUT2D eigenvalue weighted by atomic mass is 9.91. The molecule has 2 fully saturated rings. The summed E-state index contributed by atoms with van der Waals surface area (Å²) in [6.07, 6.45) is 9.69. The van der Waals surface area contributed by atoms with Gasteiger partial charge >= 0.3 is 6.03 Å². The molecule has 2 aliphatic rings. The number of nitrogens with two attached hydrogens (primary N) is 2. The van der Waals surface area contributed by atoms with Crippen LogP contribution in [-0.2, 0) is 4.79 Å². The normalized spacial score (nSPS) is 20.5. The maximum absolute atomic E-state index is 12.4. The molecule has 0 radical (unpaired) electrons. The highest BCUT2D eigenvalue weighted by Crippen LogP contribution is 2.28. The van der Waals surface area contributed by atoms with Gasteiger partial charge in [-0.25, -0.2) is 4.79 Å². The van der Waals surface area contributed by atoms with Gasteiger partial charge in [0.2, 0.25) is 5.91 Å². The Morgan fingerprint density at radius 2 is 1.60 bits per heavy atom. The van der Waals surface area contributed by atoms with Crippen LogP contribution < -0.4 is 11.5 Å². The van der Waals surface area contributed by atoms with Crippen molar-refractivity contribution in [3.63, 3.8) is 0 Å². The van der Waals surface area contributed by atoms with Crippen LogP contribution in [0.5, 0.6) is 0 Å². The molecule has 144 valence electrons. The van der Waals surface area contributed by atoms with Crippen molar-refractivity contribution < 1.29 is 9.59 Å². The molecule has 2 rings (SSSR count). The lowest BCUT2D eigenvalue weighted by molar-refractivity contribution is -0.132. The zero-order chi connectivity index (χ0) is 18.4. The summed E-state index contributed by atoms with van der Waals surface area (Å²) in [6, 6.07) is 0.194. The van der Waals surface area contributed by atoms with Crippen LogP contribution in [0.3, 0.4) is 0 Å². The first-order valence-corrected chi connectivity index (χ1v) is 9.92. The summed E-state index contributed by atoms with van der Waals surface area (Å²) in [5.74, 6) is 0.214. The van der Waals surface area contributed by atoms with Crippen molar-refractivity contribution >= 4 is 11.9 Å². The lowest BCUT2D eigenvalue weighted by Gasteiger charge is -2.42. The summed E-state index contributed by atoms with van der Waals surface area (Å²) in [6.45, 7) is 5.44. The van der Waals surface area contributed by atoms with Crippen molar-refractivity contribution in [3.8, 4) is 0 Å². The van der Waals surface area contributed by atoms with Gasteiger partial charge in [-0.1, -0.05) is 19.3 Å². The van der Waals surface area contributed by atoms with Crippen LogP contribution in [-0.4, -0.2) is 52.5 Å². The minimum atomic E-state index is -0.290. The number of amides is 3. The van der Waals surface area contributed by atoms with Crippen molar-refractivity contribution in [1.29, 1.82) is 0 Å². The smallest absolute Gasteiger partial charge is 0.315 e. The van der Waals surface area contributed by atoms with Gasteiger partial charge in [-0.2, -0.15) is 0 Å². The standard InChI is InChI=1S/C19H36N4O2/c1-19(2,21)12-6-9-17(24)22-13-10-16(11-14-22)23(18(20)25)15-7-4-3-5-8-15/h15-16H,3-14,21H2,1-2H3,(H2,20,25). The molecule has 25 heavy (non-hydrogen) atoms. The van der Waals surface area contributed by atoms with Crippen molar-refractivity contribution in [1.82, 2.24) is 9.80 Å². The van der Waals surface area contributed by atoms with Crippen LogP contribution in [0.2, 0.25) is 0 Å². The molecule has 0 atom stereocenters. The van der Waals surface area contributed by atoms with E-state index in [0.717, 1.165) is 51.6 Å². The third kappa shape index (κ3) is 6.17. The molecule has 6 heteroatoms. The second kappa shape index (κ2) is 8.88. The van der Waals surface area contributed by atoms with E-state index in [0.29, 0.717) is 12.5 Å². The number of carbonyl (C=O) groups excluding carboxylic acids is 2. The Morgan fingerprint density at radius 3 is 2.12 bits per heavy atom. The maximum Gasteiger partial charge on any atom is 0.315 e. The van der Waals surface area contributed by atoms with Crippen LogP contribution in [0.25, 0.3) is 0 Å². The molecule has 1 heterocycles. The van der Waals surface area contributed by atoms with Gasteiger partial charge in [-0.3, -0.25) is 4.79 Å². The first-order chi connectivity index (χ1) is 11.8. The number of likely N-dealkylation sites (tertiary alicyclic amines) is 1. The average Bonchev–Trinajstić information content (AvgIpc) is 2.55. The van der Waals surface area contributed by atoms with Crippen molar-refractivity contribution in [3.05, 3.63) is 0 Å². The third-order valence-corrected chi connectivity index (χ3v) is 5.64. The van der Waals surface area contributed by atoms with E-state index in [1.165, 1.54) is 19.3 Å². The average molecular weight is 353 g/mol. The molecule has 1 saturated carbocycles. The van der Waals surface area contributed by atoms with Gasteiger partial charge in [0.1, 0.15) is 0 Å². The summed E-state index contributed by atoms with van der Waals surface area (Å²) in [5.41, 5.74) is 11.5. The first kappa shape index (κ1) is 20.0. The highest BCUT2D eigenvalue weighted by molar-refractivity contribution is 5.76. The molecule has 1 aliphatic carbocycles. The van der Waals surface area contributed by atoms with E-state index < -0.39 is 0 Å². The molecular weight excluding hydrogens is 316 g/mol. The molecule has 4 N–H and O–H groups in total. The largest absolute Gasteiger partial charge is 0.351 e. The van der Waals surface area contributed by atoms with Crippen LogP contribution in [0, 0.1) is 0 Å². The highest BCUT2D eigenvalue weighted by Gasteiger charge is 2.33. The van der Waals surface area contributed by atoms with E-state index >= 15 is 0 Å². The minimum absolute atomic E-state index is 0.188. The van der Waals surface area contributed by atoms with Gasteiger partial charge in [0.25, 0.3) is 0 Å². The Hall–Kier alpha value is -1.30. The predicted molar refractivity (Wildman–Crippen MR) is 100 cm³/mol. The van der Waals surface area contributed by atoms with E-state index in [1.807, 2.05) is 23.6 Å². The quantitative estimate of drug-likeness (QED) is 0.769. The molecular formula is C19H36N4O2. The van der Waals surface area contributed by atoms with Gasteiger partial charge in [0.15, 0.2) is 0 Å². The Kier molecular flexibility index (Phi) is 7.11. The summed E-state index contributed by atoms with van der Waals surface area (Å²) < 4.78 is 0. The fourth-order valence-corrected chi connectivity index (χ4v) is 4.26. The Labute approximate surface area is 152 Å². The Balaban J connectivity index is 1.80. The summed E-state index contributed by atoms with van der Waals surface area (Å²) in [7, 11) is 0. The SMILES string of the molecule is CC(C)(N)CCCC(=O)N1CCC(N(C(N)=O)C2CCCCC2)CC1. The Morgan fingerprint density at radius 1 is 1.04 bits per heavy atom. The molecule has 0 aromatic carbocycles. The maximum atomic E-state index is 12.4. The van der Waals surface area contributed by atoms with Gasteiger partial charge in [-0.05, 0) is 52.4 Å². The second-order valence-electron chi connectivity index (χ2n) is 8.49. The van der Waals surface area contributed by atoms with E-state index in [9.17, 15) is 9.59 Å². The fourth-order valence-electron chi connectivity index (χ4n) is 4.26. The van der Waals surface area contributed by atoms with Gasteiger partial charge in [0, 0.05) is 37.1 Å². The molecule has 1 aliphatic heterocycles. The summed E-state index contributed by atoms with van der Waals surface area (Å²) >= 11 is 0. The number of nitrogens with zero attached hydrogens (tertiary/aromatic N) is 2. The lowest BCUT2D eigenvalue weighted by Crippen LogP contribution is -2.54. The van der Waals surface area contributed by atoms with Gasteiger partial charge in [0.05, 0.1) is 0 Å². The summed E-state index contributed by atoms with van der Waals surface area (Å²) in [4.78, 5) is 28.3. The third-order valence-electron chi connectivity index (χ3n) is 5.64. The van der Waals surface area contributed by atoms with Crippen molar-refractivity contribution in [2.75, 3.05) is 13.1 Å². The highest BCUT2D eigenvalue weighted by atomic mass is 16.2. The number of hydrogen-bond donors (Lipinski definition) is 2. The second-order valence-corrected chi connectivity index (χ2v) is 8.49.